The summed E-state index contributed by atoms with van der Waals surface area (Å²) in [6.45, 7) is 1.14. The lowest BCUT2D eigenvalue weighted by molar-refractivity contribution is -0.697. The molecule has 2 heterocycles. The van der Waals surface area contributed by atoms with Gasteiger partial charge in [0.1, 0.15) is 13.6 Å². The average molecular weight is 423 g/mol. The largest absolute Gasteiger partial charge is 0.208 e. The summed E-state index contributed by atoms with van der Waals surface area (Å²) in [6.07, 6.45) is 32.1. The lowest BCUT2D eigenvalue weighted by Gasteiger charge is -2.07. The molecule has 2 aliphatic carbocycles. The molecule has 2 fully saturated rings. The lowest BCUT2D eigenvalue weighted by Crippen LogP contribution is -2.32. The third-order valence-electron chi connectivity index (χ3n) is 7.21. The van der Waals surface area contributed by atoms with E-state index in [4.69, 9.17) is 0 Å². The van der Waals surface area contributed by atoms with Gasteiger partial charge < -0.3 is 0 Å². The zero-order valence-electron chi connectivity index (χ0n) is 20.1. The van der Waals surface area contributed by atoms with E-state index in [9.17, 15) is 0 Å². The van der Waals surface area contributed by atoms with Crippen LogP contribution in [0.3, 0.4) is 0 Å². The van der Waals surface area contributed by atoms with E-state index < -0.39 is 0 Å². The molecule has 0 saturated heterocycles. The zero-order valence-corrected chi connectivity index (χ0v) is 20.1. The maximum absolute atomic E-state index is 2.33. The third kappa shape index (κ3) is 9.54. The van der Waals surface area contributed by atoms with E-state index in [1.807, 2.05) is 0 Å². The Balaban J connectivity index is 0.000000478. The van der Waals surface area contributed by atoms with Crippen LogP contribution in [0.15, 0.2) is 49.1 Å². The van der Waals surface area contributed by atoms with Crippen LogP contribution in [0.1, 0.15) is 103 Å². The fourth-order valence-electron chi connectivity index (χ4n) is 5.11. The SMILES string of the molecule is C1CCCC1.C[n+]1ccc(-c2cc[n+](CCCCCCCCC3CCCC3)cc2)cc1. The molecule has 31 heavy (non-hydrogen) atoms. The van der Waals surface area contributed by atoms with Crippen molar-refractivity contribution in [2.24, 2.45) is 13.0 Å². The van der Waals surface area contributed by atoms with Crippen LogP contribution in [0, 0.1) is 5.92 Å². The minimum atomic E-state index is 1.08. The van der Waals surface area contributed by atoms with Crippen LogP contribution in [-0.4, -0.2) is 0 Å². The van der Waals surface area contributed by atoms with Gasteiger partial charge in [-0.05, 0) is 23.5 Å². The predicted molar refractivity (Wildman–Crippen MR) is 131 cm³/mol. The summed E-state index contributed by atoms with van der Waals surface area (Å²) >= 11 is 0. The van der Waals surface area contributed by atoms with Gasteiger partial charge in [-0.1, -0.05) is 89.9 Å². The van der Waals surface area contributed by atoms with Crippen LogP contribution in [0.2, 0.25) is 0 Å². The molecule has 0 radical (unpaired) electrons. The highest BCUT2D eigenvalue weighted by atomic mass is 14.9. The van der Waals surface area contributed by atoms with Crippen molar-refractivity contribution >= 4 is 0 Å². The molecule has 0 aromatic carbocycles. The summed E-state index contributed by atoms with van der Waals surface area (Å²) in [6, 6.07) is 8.81. The number of aromatic nitrogens is 2. The second kappa shape index (κ2) is 14.4. The first-order chi connectivity index (χ1) is 15.3. The van der Waals surface area contributed by atoms with Crippen molar-refractivity contribution < 1.29 is 9.13 Å². The van der Waals surface area contributed by atoms with Gasteiger partial charge in [0.25, 0.3) is 0 Å². The topological polar surface area (TPSA) is 7.76 Å². The standard InChI is InChI=1S/C24H36N2.C5H10/c1-25-18-13-23(14-19-25)24-15-20-26(21-16-24)17-9-5-3-2-4-6-10-22-11-7-8-12-22;1-2-4-5-3-1/h13-16,18-22H,2-12,17H2,1H3;1-5H2/q+2;. The summed E-state index contributed by atoms with van der Waals surface area (Å²) in [5.74, 6) is 1.08. The van der Waals surface area contributed by atoms with E-state index in [1.54, 1.807) is 0 Å². The van der Waals surface area contributed by atoms with Gasteiger partial charge in [0, 0.05) is 30.7 Å². The summed E-state index contributed by atoms with van der Waals surface area (Å²) in [5.41, 5.74) is 2.58. The molecule has 2 aromatic heterocycles. The summed E-state index contributed by atoms with van der Waals surface area (Å²) < 4.78 is 4.40. The maximum atomic E-state index is 2.33. The zero-order chi connectivity index (χ0) is 21.6. The fourth-order valence-corrected chi connectivity index (χ4v) is 5.11. The molecule has 2 nitrogen and oxygen atoms in total. The minimum Gasteiger partial charge on any atom is -0.208 e. The molecule has 4 rings (SSSR count). The van der Waals surface area contributed by atoms with E-state index in [0.29, 0.717) is 0 Å². The van der Waals surface area contributed by atoms with Crippen LogP contribution in [0.4, 0.5) is 0 Å². The fraction of sp³-hybridized carbons (Fsp3) is 0.655. The molecule has 0 unspecified atom stereocenters. The highest BCUT2D eigenvalue weighted by Crippen LogP contribution is 2.29. The Morgan fingerprint density at radius 1 is 0.613 bits per heavy atom. The van der Waals surface area contributed by atoms with Gasteiger partial charge in [0.05, 0.1) is 0 Å². The van der Waals surface area contributed by atoms with Crippen molar-refractivity contribution in [1.29, 1.82) is 0 Å². The Morgan fingerprint density at radius 2 is 1.10 bits per heavy atom. The second-order valence-corrected chi connectivity index (χ2v) is 9.91. The van der Waals surface area contributed by atoms with E-state index in [1.165, 1.54) is 114 Å². The normalized spacial score (nSPS) is 16.3. The van der Waals surface area contributed by atoms with E-state index in [-0.39, 0.29) is 0 Å². The number of hydrogen-bond acceptors (Lipinski definition) is 0. The Kier molecular flexibility index (Phi) is 11.1. The molecule has 0 N–H and O–H groups in total. The molecule has 2 saturated carbocycles. The quantitative estimate of drug-likeness (QED) is 0.279. The maximum Gasteiger partial charge on any atom is 0.169 e. The van der Waals surface area contributed by atoms with Crippen LogP contribution in [0.25, 0.3) is 11.1 Å². The number of nitrogens with zero attached hydrogens (tertiary/aromatic N) is 2. The van der Waals surface area contributed by atoms with Crippen molar-refractivity contribution in [3.8, 4) is 11.1 Å². The minimum absolute atomic E-state index is 1.08. The van der Waals surface area contributed by atoms with Gasteiger partial charge in [0.15, 0.2) is 24.8 Å². The highest BCUT2D eigenvalue weighted by Gasteiger charge is 2.13. The van der Waals surface area contributed by atoms with Gasteiger partial charge in [-0.15, -0.1) is 0 Å². The summed E-state index contributed by atoms with van der Waals surface area (Å²) in [5, 5.41) is 0. The molecule has 2 aliphatic rings. The average Bonchev–Trinajstić information content (AvgIpc) is 3.54. The van der Waals surface area contributed by atoms with Crippen molar-refractivity contribution in [1.82, 2.24) is 0 Å². The number of aryl methyl sites for hydroxylation is 2. The monoisotopic (exact) mass is 422 g/mol. The highest BCUT2D eigenvalue weighted by molar-refractivity contribution is 5.60. The van der Waals surface area contributed by atoms with Crippen molar-refractivity contribution in [2.75, 3.05) is 0 Å². The van der Waals surface area contributed by atoms with E-state index in [2.05, 4.69) is 65.2 Å². The van der Waals surface area contributed by atoms with Gasteiger partial charge in [-0.3, -0.25) is 0 Å². The molecule has 0 bridgehead atoms. The molecule has 2 aromatic rings. The van der Waals surface area contributed by atoms with Gasteiger partial charge in [-0.25, -0.2) is 9.13 Å². The van der Waals surface area contributed by atoms with Crippen LogP contribution in [-0.2, 0) is 13.6 Å². The van der Waals surface area contributed by atoms with Crippen LogP contribution < -0.4 is 9.13 Å². The first kappa shape index (κ1) is 24.0. The third-order valence-corrected chi connectivity index (χ3v) is 7.21. The Bertz CT molecular complexity index is 687. The first-order valence-electron chi connectivity index (χ1n) is 13.3. The molecular formula is C29H46N2+2. The molecule has 0 spiro atoms. The van der Waals surface area contributed by atoms with Gasteiger partial charge in [-0.2, -0.15) is 0 Å². The second-order valence-electron chi connectivity index (χ2n) is 9.91. The van der Waals surface area contributed by atoms with E-state index >= 15 is 0 Å². The smallest absolute Gasteiger partial charge is 0.169 e. The number of unbranched alkanes of at least 4 members (excludes halogenated alkanes) is 5. The van der Waals surface area contributed by atoms with Crippen LogP contribution in [0.5, 0.6) is 0 Å². The van der Waals surface area contributed by atoms with Gasteiger partial charge in [0.2, 0.25) is 0 Å². The molecule has 2 heteroatoms. The summed E-state index contributed by atoms with van der Waals surface area (Å²) in [4.78, 5) is 0. The Labute approximate surface area is 191 Å². The molecule has 0 atom stereocenters. The number of pyridine rings is 2. The molecule has 0 amide bonds. The Morgan fingerprint density at radius 3 is 1.68 bits per heavy atom. The van der Waals surface area contributed by atoms with Crippen LogP contribution >= 0.6 is 0 Å². The van der Waals surface area contributed by atoms with Gasteiger partial charge >= 0.3 is 0 Å². The first-order valence-corrected chi connectivity index (χ1v) is 13.3. The van der Waals surface area contributed by atoms with E-state index in [0.717, 1.165) is 12.5 Å². The Hall–Kier alpha value is -1.70. The molecule has 170 valence electrons. The number of rotatable bonds is 10. The predicted octanol–water partition coefficient (Wildman–Crippen LogP) is 7.34. The summed E-state index contributed by atoms with van der Waals surface area (Å²) in [7, 11) is 2.05. The number of hydrogen-bond donors (Lipinski definition) is 0. The van der Waals surface area contributed by atoms with Crippen molar-refractivity contribution in [3.63, 3.8) is 0 Å². The molecular weight excluding hydrogens is 376 g/mol. The molecule has 0 aliphatic heterocycles. The van der Waals surface area contributed by atoms with Crippen molar-refractivity contribution in [2.45, 2.75) is 109 Å². The van der Waals surface area contributed by atoms with Crippen molar-refractivity contribution in [3.05, 3.63) is 49.1 Å². The lowest BCUT2D eigenvalue weighted by atomic mass is 9.99.